The highest BCUT2D eigenvalue weighted by Crippen LogP contribution is 2.32. The maximum Gasteiger partial charge on any atom is 0.352 e. The first-order chi connectivity index (χ1) is 8.30. The van der Waals surface area contributed by atoms with E-state index in [1.165, 1.54) is 16.7 Å². The van der Waals surface area contributed by atoms with Crippen molar-refractivity contribution in [3.05, 3.63) is 10.6 Å². The molecule has 1 saturated heterocycles. The first kappa shape index (κ1) is 14.6. The molecule has 1 fully saturated rings. The molecule has 1 rings (SSSR count). The van der Waals surface area contributed by atoms with Gasteiger partial charge in [-0.1, -0.05) is 11.8 Å². The molecule has 1 amide bonds. The standard InChI is InChI=1S/C12H16N2O3S/c1-5-14-9(15)7-18-10(14)8(6-13)11(16)17-12(2,3)4/h5,7H2,1-4H3/b10-8-. The van der Waals surface area contributed by atoms with E-state index >= 15 is 0 Å². The first-order valence-corrected chi connectivity index (χ1v) is 6.59. The Morgan fingerprint density at radius 3 is 2.61 bits per heavy atom. The van der Waals surface area contributed by atoms with E-state index in [0.717, 1.165) is 0 Å². The molecular formula is C12H16N2O3S. The summed E-state index contributed by atoms with van der Waals surface area (Å²) in [5, 5.41) is 9.50. The summed E-state index contributed by atoms with van der Waals surface area (Å²) >= 11 is 1.20. The molecule has 1 aliphatic heterocycles. The van der Waals surface area contributed by atoms with Crippen molar-refractivity contribution < 1.29 is 14.3 Å². The minimum absolute atomic E-state index is 0.0891. The summed E-state index contributed by atoms with van der Waals surface area (Å²) in [6.45, 7) is 7.43. The third kappa shape index (κ3) is 3.26. The van der Waals surface area contributed by atoms with Crippen LogP contribution in [0.15, 0.2) is 10.6 Å². The highest BCUT2D eigenvalue weighted by Gasteiger charge is 2.32. The van der Waals surface area contributed by atoms with Crippen LogP contribution < -0.4 is 0 Å². The predicted molar refractivity (Wildman–Crippen MR) is 68.3 cm³/mol. The number of hydrogen-bond donors (Lipinski definition) is 0. The van der Waals surface area contributed by atoms with Gasteiger partial charge in [0.25, 0.3) is 0 Å². The van der Waals surface area contributed by atoms with Crippen LogP contribution in [0, 0.1) is 11.3 Å². The van der Waals surface area contributed by atoms with Gasteiger partial charge in [-0.25, -0.2) is 4.79 Å². The van der Waals surface area contributed by atoms with Crippen LogP contribution in [-0.4, -0.2) is 34.7 Å². The van der Waals surface area contributed by atoms with E-state index < -0.39 is 11.6 Å². The van der Waals surface area contributed by atoms with Crippen LogP contribution in [0.25, 0.3) is 0 Å². The van der Waals surface area contributed by atoms with Crippen LogP contribution >= 0.6 is 11.8 Å². The smallest absolute Gasteiger partial charge is 0.352 e. The Labute approximate surface area is 111 Å². The van der Waals surface area contributed by atoms with Gasteiger partial charge >= 0.3 is 5.97 Å². The number of carbonyl (C=O) groups excluding carboxylic acids is 2. The number of hydrogen-bond acceptors (Lipinski definition) is 5. The molecule has 0 atom stereocenters. The van der Waals surface area contributed by atoms with Crippen molar-refractivity contribution in [1.82, 2.24) is 4.90 Å². The molecule has 18 heavy (non-hydrogen) atoms. The molecule has 0 aromatic heterocycles. The van der Waals surface area contributed by atoms with E-state index in [0.29, 0.717) is 11.6 Å². The van der Waals surface area contributed by atoms with Crippen molar-refractivity contribution in [3.8, 4) is 6.07 Å². The summed E-state index contributed by atoms with van der Waals surface area (Å²) in [5.41, 5.74) is -0.757. The van der Waals surface area contributed by atoms with E-state index in [1.54, 1.807) is 27.7 Å². The van der Waals surface area contributed by atoms with Gasteiger partial charge in [-0.2, -0.15) is 5.26 Å². The Morgan fingerprint density at radius 1 is 1.56 bits per heavy atom. The van der Waals surface area contributed by atoms with Crippen molar-refractivity contribution in [2.24, 2.45) is 0 Å². The Balaban J connectivity index is 3.06. The van der Waals surface area contributed by atoms with Gasteiger partial charge in [-0.05, 0) is 27.7 Å². The molecule has 5 nitrogen and oxygen atoms in total. The summed E-state index contributed by atoms with van der Waals surface area (Å²) in [6, 6.07) is 1.84. The van der Waals surface area contributed by atoms with Gasteiger partial charge in [0.15, 0.2) is 5.57 Å². The van der Waals surface area contributed by atoms with Crippen molar-refractivity contribution in [2.45, 2.75) is 33.3 Å². The van der Waals surface area contributed by atoms with E-state index in [9.17, 15) is 9.59 Å². The van der Waals surface area contributed by atoms with Crippen LogP contribution in [0.3, 0.4) is 0 Å². The van der Waals surface area contributed by atoms with E-state index in [1.807, 2.05) is 6.07 Å². The fourth-order valence-electron chi connectivity index (χ4n) is 1.44. The van der Waals surface area contributed by atoms with Gasteiger partial charge in [0.05, 0.1) is 5.75 Å². The fraction of sp³-hybridized carbons (Fsp3) is 0.583. The predicted octanol–water partition coefficient (Wildman–Crippen LogP) is 1.66. The molecular weight excluding hydrogens is 252 g/mol. The fourth-order valence-corrected chi connectivity index (χ4v) is 2.51. The van der Waals surface area contributed by atoms with Crippen LogP contribution in [0.5, 0.6) is 0 Å². The molecule has 1 aliphatic rings. The van der Waals surface area contributed by atoms with Gasteiger partial charge < -0.3 is 9.64 Å². The number of nitrogens with zero attached hydrogens (tertiary/aromatic N) is 2. The SMILES string of the molecule is CCN1C(=O)CS/C1=C(/C#N)C(=O)OC(C)(C)C. The maximum atomic E-state index is 11.9. The minimum Gasteiger partial charge on any atom is -0.456 e. The molecule has 0 unspecified atom stereocenters. The normalized spacial score (nSPS) is 18.6. The van der Waals surface area contributed by atoms with E-state index in [-0.39, 0.29) is 17.2 Å². The molecule has 0 aromatic rings. The summed E-state index contributed by atoms with van der Waals surface area (Å²) in [7, 11) is 0. The number of rotatable bonds is 2. The molecule has 0 aromatic carbocycles. The molecule has 0 bridgehead atoms. The Morgan fingerprint density at radius 2 is 2.17 bits per heavy atom. The molecule has 98 valence electrons. The molecule has 6 heteroatoms. The summed E-state index contributed by atoms with van der Waals surface area (Å²) in [6.07, 6.45) is 0. The molecule has 0 radical (unpaired) electrons. The molecule has 0 N–H and O–H groups in total. The molecule has 0 saturated carbocycles. The zero-order valence-corrected chi connectivity index (χ0v) is 11.8. The molecule has 1 heterocycles. The lowest BCUT2D eigenvalue weighted by atomic mass is 10.2. The average molecular weight is 268 g/mol. The lowest BCUT2D eigenvalue weighted by molar-refractivity contribution is -0.149. The second-order valence-electron chi connectivity index (χ2n) is 4.72. The lowest BCUT2D eigenvalue weighted by Crippen LogP contribution is -2.28. The maximum absolute atomic E-state index is 11.9. The highest BCUT2D eigenvalue weighted by atomic mass is 32.2. The first-order valence-electron chi connectivity index (χ1n) is 5.61. The Hall–Kier alpha value is -1.48. The van der Waals surface area contributed by atoms with E-state index in [2.05, 4.69) is 0 Å². The van der Waals surface area contributed by atoms with Gasteiger partial charge in [-0.15, -0.1) is 0 Å². The summed E-state index contributed by atoms with van der Waals surface area (Å²) in [4.78, 5) is 24.9. The van der Waals surface area contributed by atoms with Crippen molar-refractivity contribution in [1.29, 1.82) is 5.26 Å². The number of thioether (sulfide) groups is 1. The largest absolute Gasteiger partial charge is 0.456 e. The second kappa shape index (κ2) is 5.44. The Kier molecular flexibility index (Phi) is 4.41. The molecule has 0 spiro atoms. The zero-order chi connectivity index (χ0) is 13.9. The van der Waals surface area contributed by atoms with Crippen LogP contribution in [0.4, 0.5) is 0 Å². The third-order valence-corrected chi connectivity index (χ3v) is 3.21. The number of nitriles is 1. The van der Waals surface area contributed by atoms with Gasteiger partial charge in [0, 0.05) is 6.54 Å². The molecule has 0 aliphatic carbocycles. The highest BCUT2D eigenvalue weighted by molar-refractivity contribution is 8.04. The summed E-state index contributed by atoms with van der Waals surface area (Å²) in [5.74, 6) is -0.508. The second-order valence-corrected chi connectivity index (χ2v) is 5.68. The minimum atomic E-state index is -0.680. The average Bonchev–Trinajstić information content (AvgIpc) is 2.58. The quantitative estimate of drug-likeness (QED) is 0.433. The van der Waals surface area contributed by atoms with Gasteiger partial charge in [-0.3, -0.25) is 4.79 Å². The zero-order valence-electron chi connectivity index (χ0n) is 10.9. The topological polar surface area (TPSA) is 70.4 Å². The number of carbonyl (C=O) groups is 2. The van der Waals surface area contributed by atoms with Crippen molar-refractivity contribution in [3.63, 3.8) is 0 Å². The summed E-state index contributed by atoms with van der Waals surface area (Å²) < 4.78 is 5.16. The van der Waals surface area contributed by atoms with E-state index in [4.69, 9.17) is 10.00 Å². The Bertz CT molecular complexity index is 443. The van der Waals surface area contributed by atoms with Crippen molar-refractivity contribution >= 4 is 23.6 Å². The van der Waals surface area contributed by atoms with Gasteiger partial charge in [0.2, 0.25) is 5.91 Å². The number of amides is 1. The number of ether oxygens (including phenoxy) is 1. The lowest BCUT2D eigenvalue weighted by Gasteiger charge is -2.21. The van der Waals surface area contributed by atoms with Crippen LogP contribution in [0.2, 0.25) is 0 Å². The van der Waals surface area contributed by atoms with Crippen molar-refractivity contribution in [2.75, 3.05) is 12.3 Å². The monoisotopic (exact) mass is 268 g/mol. The van der Waals surface area contributed by atoms with Gasteiger partial charge in [0.1, 0.15) is 16.7 Å². The van der Waals surface area contributed by atoms with Crippen LogP contribution in [0.1, 0.15) is 27.7 Å². The number of esters is 1. The third-order valence-electron chi connectivity index (χ3n) is 2.12. The van der Waals surface area contributed by atoms with Crippen LogP contribution in [-0.2, 0) is 14.3 Å².